The van der Waals surface area contributed by atoms with Crippen molar-refractivity contribution < 1.29 is 18.3 Å². The minimum Gasteiger partial charge on any atom is -0.478 e. The van der Waals surface area contributed by atoms with Gasteiger partial charge in [-0.25, -0.2) is 9.97 Å². The molecule has 0 spiro atoms. The molecule has 0 saturated carbocycles. The molecule has 0 radical (unpaired) electrons. The van der Waals surface area contributed by atoms with Gasteiger partial charge < -0.3 is 9.47 Å². The molecule has 0 aliphatic heterocycles. The van der Waals surface area contributed by atoms with Gasteiger partial charge in [0.1, 0.15) is 0 Å². The first-order valence-corrected chi connectivity index (χ1v) is 14.0. The average molecular weight is 527 g/mol. The van der Waals surface area contributed by atoms with E-state index < -0.39 is 11.9 Å². The van der Waals surface area contributed by atoms with Gasteiger partial charge in [0.2, 0.25) is 23.7 Å². The highest BCUT2D eigenvalue weighted by molar-refractivity contribution is 5.63. The van der Waals surface area contributed by atoms with Crippen LogP contribution >= 0.6 is 0 Å². The third kappa shape index (κ3) is 9.62. The summed E-state index contributed by atoms with van der Waals surface area (Å²) < 4.78 is 40.8. The van der Waals surface area contributed by atoms with Gasteiger partial charge in [-0.05, 0) is 31.0 Å². The Bertz CT molecular complexity index is 1030. The smallest absolute Gasteiger partial charge is 0.227 e. The monoisotopic (exact) mass is 526 g/mol. The van der Waals surface area contributed by atoms with E-state index in [9.17, 15) is 8.78 Å². The van der Waals surface area contributed by atoms with Crippen LogP contribution in [-0.4, -0.2) is 33.1 Å². The van der Waals surface area contributed by atoms with Crippen molar-refractivity contribution in [3.63, 3.8) is 0 Å². The van der Waals surface area contributed by atoms with Crippen molar-refractivity contribution in [2.24, 2.45) is 0 Å². The normalized spacial score (nSPS) is 11.1. The van der Waals surface area contributed by atoms with Gasteiger partial charge in [0, 0.05) is 18.3 Å². The second-order valence-corrected chi connectivity index (χ2v) is 9.47. The zero-order valence-electron chi connectivity index (χ0n) is 22.7. The molecule has 0 bridgehead atoms. The molecule has 0 aliphatic rings. The summed E-state index contributed by atoms with van der Waals surface area (Å²) in [4.78, 5) is 16.4. The third-order valence-electron chi connectivity index (χ3n) is 6.31. The van der Waals surface area contributed by atoms with Crippen LogP contribution in [0.15, 0.2) is 36.5 Å². The maximum atomic E-state index is 14.8. The van der Waals surface area contributed by atoms with Crippen LogP contribution in [-0.2, 0) is 0 Å². The molecule has 0 aliphatic carbocycles. The van der Waals surface area contributed by atoms with Crippen molar-refractivity contribution in [3.8, 4) is 34.4 Å². The minimum atomic E-state index is -0.736. The maximum Gasteiger partial charge on any atom is 0.227 e. The van der Waals surface area contributed by atoms with E-state index in [1.54, 1.807) is 24.3 Å². The van der Waals surface area contributed by atoms with Gasteiger partial charge in [0.15, 0.2) is 5.82 Å². The Hall–Kier alpha value is -3.16. The number of aromatic nitrogens is 4. The molecular formula is C30H40F2N4O2. The molecule has 3 rings (SSSR count). The van der Waals surface area contributed by atoms with Crippen LogP contribution in [0.4, 0.5) is 8.78 Å². The summed E-state index contributed by atoms with van der Waals surface area (Å²) in [7, 11) is 0. The molecule has 0 aromatic carbocycles. The standard InChI is InChI=1S/C30H40F2N4O2/c1-3-5-7-9-11-13-21-37-26-17-15-23(28(31)35-26)25-19-20-33-30(34-25)24-16-18-27(36-29(24)32)38-22-14-12-10-8-6-4-2/h15-20H,3-14,21-22H2,1-2H3. The van der Waals surface area contributed by atoms with Crippen LogP contribution < -0.4 is 9.47 Å². The van der Waals surface area contributed by atoms with Gasteiger partial charge >= 0.3 is 0 Å². The highest BCUT2D eigenvalue weighted by atomic mass is 19.1. The van der Waals surface area contributed by atoms with E-state index in [0.717, 1.165) is 25.7 Å². The topological polar surface area (TPSA) is 70.0 Å². The molecule has 206 valence electrons. The summed E-state index contributed by atoms with van der Waals surface area (Å²) >= 11 is 0. The Morgan fingerprint density at radius 1 is 0.579 bits per heavy atom. The molecule has 3 aromatic heterocycles. The van der Waals surface area contributed by atoms with Crippen molar-refractivity contribution >= 4 is 0 Å². The predicted molar refractivity (Wildman–Crippen MR) is 146 cm³/mol. The first-order chi connectivity index (χ1) is 18.6. The molecule has 0 fully saturated rings. The Labute approximate surface area is 225 Å². The van der Waals surface area contributed by atoms with Crippen molar-refractivity contribution in [1.29, 1.82) is 0 Å². The second-order valence-electron chi connectivity index (χ2n) is 9.47. The summed E-state index contributed by atoms with van der Waals surface area (Å²) in [6.45, 7) is 5.37. The van der Waals surface area contributed by atoms with Crippen molar-refractivity contribution in [2.45, 2.75) is 90.9 Å². The summed E-state index contributed by atoms with van der Waals surface area (Å²) in [6.07, 6.45) is 15.2. The van der Waals surface area contributed by atoms with Gasteiger partial charge in [0.05, 0.1) is 30.0 Å². The van der Waals surface area contributed by atoms with Gasteiger partial charge in [-0.1, -0.05) is 78.1 Å². The Balaban J connectivity index is 1.56. The van der Waals surface area contributed by atoms with Crippen LogP contribution in [0.2, 0.25) is 0 Å². The number of hydrogen-bond acceptors (Lipinski definition) is 6. The van der Waals surface area contributed by atoms with Gasteiger partial charge in [0.25, 0.3) is 0 Å². The van der Waals surface area contributed by atoms with E-state index in [0.29, 0.717) is 18.9 Å². The lowest BCUT2D eigenvalue weighted by atomic mass is 10.1. The van der Waals surface area contributed by atoms with E-state index in [1.807, 2.05) is 0 Å². The molecular weight excluding hydrogens is 486 g/mol. The van der Waals surface area contributed by atoms with Crippen molar-refractivity contribution in [2.75, 3.05) is 13.2 Å². The number of ether oxygens (including phenoxy) is 2. The predicted octanol–water partition coefficient (Wildman–Crippen LogP) is 8.36. The summed E-state index contributed by atoms with van der Waals surface area (Å²) in [5.41, 5.74) is 0.601. The maximum absolute atomic E-state index is 14.8. The third-order valence-corrected chi connectivity index (χ3v) is 6.31. The molecule has 38 heavy (non-hydrogen) atoms. The minimum absolute atomic E-state index is 0.109. The van der Waals surface area contributed by atoms with Gasteiger partial charge in [-0.15, -0.1) is 0 Å². The highest BCUT2D eigenvalue weighted by Crippen LogP contribution is 2.26. The first kappa shape index (κ1) is 29.4. The van der Waals surface area contributed by atoms with Crippen LogP contribution in [0.5, 0.6) is 11.8 Å². The highest BCUT2D eigenvalue weighted by Gasteiger charge is 2.15. The zero-order valence-corrected chi connectivity index (χ0v) is 22.7. The van der Waals surface area contributed by atoms with Crippen LogP contribution in [0.1, 0.15) is 90.9 Å². The SMILES string of the molecule is CCCCCCCCOc1ccc(-c2ccnc(-c3ccc(OCCCCCCCC)nc3F)n2)c(F)n1. The van der Waals surface area contributed by atoms with Gasteiger partial charge in [-0.3, -0.25) is 0 Å². The Morgan fingerprint density at radius 3 is 1.61 bits per heavy atom. The molecule has 3 heterocycles. The molecule has 8 heteroatoms. The molecule has 3 aromatic rings. The number of rotatable bonds is 18. The largest absolute Gasteiger partial charge is 0.478 e. The van der Waals surface area contributed by atoms with Gasteiger partial charge in [-0.2, -0.15) is 18.7 Å². The molecule has 0 N–H and O–H groups in total. The summed E-state index contributed by atoms with van der Waals surface area (Å²) in [6, 6.07) is 7.88. The number of nitrogens with zero attached hydrogens (tertiary/aromatic N) is 4. The summed E-state index contributed by atoms with van der Waals surface area (Å²) in [5, 5.41) is 0. The fourth-order valence-electron chi connectivity index (χ4n) is 4.11. The van der Waals surface area contributed by atoms with E-state index >= 15 is 0 Å². The number of pyridine rings is 2. The number of hydrogen-bond donors (Lipinski definition) is 0. The molecule has 6 nitrogen and oxygen atoms in total. The second kappa shape index (κ2) is 16.6. The van der Waals surface area contributed by atoms with Crippen molar-refractivity contribution in [1.82, 2.24) is 19.9 Å². The average Bonchev–Trinajstić information content (AvgIpc) is 2.92. The zero-order chi connectivity index (χ0) is 27.0. The Kier molecular flexibility index (Phi) is 12.9. The summed E-state index contributed by atoms with van der Waals surface area (Å²) in [5.74, 6) is -0.867. The van der Waals surface area contributed by atoms with Crippen molar-refractivity contribution in [3.05, 3.63) is 48.4 Å². The van der Waals surface area contributed by atoms with E-state index in [4.69, 9.17) is 9.47 Å². The molecule has 0 saturated heterocycles. The number of halogens is 2. The van der Waals surface area contributed by atoms with Crippen LogP contribution in [0.3, 0.4) is 0 Å². The fraction of sp³-hybridized carbons (Fsp3) is 0.533. The lowest BCUT2D eigenvalue weighted by molar-refractivity contribution is 0.289. The lowest BCUT2D eigenvalue weighted by Crippen LogP contribution is -2.03. The van der Waals surface area contributed by atoms with Crippen LogP contribution in [0.25, 0.3) is 22.6 Å². The molecule has 0 amide bonds. The first-order valence-electron chi connectivity index (χ1n) is 14.0. The fourth-order valence-corrected chi connectivity index (χ4v) is 4.11. The molecule has 0 atom stereocenters. The van der Waals surface area contributed by atoms with E-state index in [2.05, 4.69) is 33.8 Å². The molecule has 0 unspecified atom stereocenters. The van der Waals surface area contributed by atoms with Crippen LogP contribution in [0, 0.1) is 11.9 Å². The van der Waals surface area contributed by atoms with E-state index in [1.165, 1.54) is 63.6 Å². The number of unbranched alkanes of at least 4 members (excludes halogenated alkanes) is 10. The lowest BCUT2D eigenvalue weighted by Gasteiger charge is -2.09. The quantitative estimate of drug-likeness (QED) is 0.122. The Morgan fingerprint density at radius 2 is 1.08 bits per heavy atom. The van der Waals surface area contributed by atoms with E-state index in [-0.39, 0.29) is 28.7 Å².